The van der Waals surface area contributed by atoms with Crippen molar-refractivity contribution in [3.8, 4) is 5.75 Å². The Morgan fingerprint density at radius 1 is 0.886 bits per heavy atom. The van der Waals surface area contributed by atoms with Crippen LogP contribution >= 0.6 is 27.7 Å². The zero-order chi connectivity index (χ0) is 24.4. The first kappa shape index (κ1) is 23.1. The molecular weight excluding hydrogens is 526 g/mol. The molecular formula is C28H18BrNO4S. The summed E-state index contributed by atoms with van der Waals surface area (Å²) in [7, 11) is 0. The van der Waals surface area contributed by atoms with E-state index in [4.69, 9.17) is 4.74 Å². The van der Waals surface area contributed by atoms with Crippen LogP contribution in [-0.2, 0) is 11.3 Å². The molecule has 7 heteroatoms. The van der Waals surface area contributed by atoms with Crippen molar-refractivity contribution in [3.63, 3.8) is 0 Å². The molecule has 0 radical (unpaired) electrons. The van der Waals surface area contributed by atoms with E-state index in [2.05, 4.69) is 15.9 Å². The van der Waals surface area contributed by atoms with Crippen LogP contribution in [0, 0.1) is 0 Å². The summed E-state index contributed by atoms with van der Waals surface area (Å²) in [6, 6.07) is 27.5. The average Bonchev–Trinajstić information content (AvgIpc) is 3.13. The van der Waals surface area contributed by atoms with E-state index in [1.54, 1.807) is 36.4 Å². The van der Waals surface area contributed by atoms with Crippen LogP contribution in [0.5, 0.6) is 5.75 Å². The highest BCUT2D eigenvalue weighted by atomic mass is 79.9. The maximum atomic E-state index is 12.8. The molecule has 35 heavy (non-hydrogen) atoms. The Kier molecular flexibility index (Phi) is 6.53. The van der Waals surface area contributed by atoms with Gasteiger partial charge in [-0.15, -0.1) is 0 Å². The van der Waals surface area contributed by atoms with E-state index >= 15 is 0 Å². The standard InChI is InChI=1S/C28H18BrNO4S/c29-21-12-8-19(9-13-21)17-30-26(31)25(35-28(30)33)16-18-10-14-22(15-11-18)34-27(32)24-7-3-5-20-4-1-2-6-23(20)24/h1-16H,17H2/b25-16-. The highest BCUT2D eigenvalue weighted by Crippen LogP contribution is 2.33. The van der Waals surface area contributed by atoms with Gasteiger partial charge in [-0.25, -0.2) is 4.79 Å². The number of hydrogen-bond donors (Lipinski definition) is 0. The van der Waals surface area contributed by atoms with Crippen molar-refractivity contribution in [2.75, 3.05) is 0 Å². The lowest BCUT2D eigenvalue weighted by atomic mass is 10.0. The molecule has 0 unspecified atom stereocenters. The van der Waals surface area contributed by atoms with Gasteiger partial charge in [0.25, 0.3) is 11.1 Å². The van der Waals surface area contributed by atoms with E-state index in [-0.39, 0.29) is 17.7 Å². The van der Waals surface area contributed by atoms with Gasteiger partial charge in [0.05, 0.1) is 17.0 Å². The molecule has 0 spiro atoms. The summed E-state index contributed by atoms with van der Waals surface area (Å²) < 4.78 is 6.50. The predicted molar refractivity (Wildman–Crippen MR) is 141 cm³/mol. The Morgan fingerprint density at radius 2 is 1.60 bits per heavy atom. The summed E-state index contributed by atoms with van der Waals surface area (Å²) >= 11 is 4.30. The van der Waals surface area contributed by atoms with Crippen LogP contribution in [0.3, 0.4) is 0 Å². The first-order valence-corrected chi connectivity index (χ1v) is 12.4. The maximum Gasteiger partial charge on any atom is 0.344 e. The molecule has 1 fully saturated rings. The van der Waals surface area contributed by atoms with Gasteiger partial charge in [0, 0.05) is 4.47 Å². The molecule has 0 N–H and O–H groups in total. The molecule has 1 aliphatic heterocycles. The molecule has 5 nitrogen and oxygen atoms in total. The van der Waals surface area contributed by atoms with E-state index in [0.29, 0.717) is 16.2 Å². The molecule has 1 saturated heterocycles. The molecule has 5 rings (SSSR count). The molecule has 0 aromatic heterocycles. The molecule has 0 saturated carbocycles. The summed E-state index contributed by atoms with van der Waals surface area (Å²) in [5.41, 5.74) is 2.09. The Balaban J connectivity index is 1.28. The lowest BCUT2D eigenvalue weighted by Gasteiger charge is -2.12. The number of imide groups is 1. The third-order valence-electron chi connectivity index (χ3n) is 5.53. The topological polar surface area (TPSA) is 63.7 Å². The number of halogens is 1. The number of rotatable bonds is 5. The summed E-state index contributed by atoms with van der Waals surface area (Å²) in [6.07, 6.45) is 1.67. The fraction of sp³-hybridized carbons (Fsp3) is 0.0357. The van der Waals surface area contributed by atoms with Gasteiger partial charge in [-0.05, 0) is 70.1 Å². The largest absolute Gasteiger partial charge is 0.423 e. The highest BCUT2D eigenvalue weighted by molar-refractivity contribution is 9.10. The number of carbonyl (C=O) groups is 3. The molecule has 0 aliphatic carbocycles. The van der Waals surface area contributed by atoms with Crippen LogP contribution in [0.25, 0.3) is 16.8 Å². The number of hydrogen-bond acceptors (Lipinski definition) is 5. The van der Waals surface area contributed by atoms with Crippen LogP contribution in [0.4, 0.5) is 4.79 Å². The quantitative estimate of drug-likeness (QED) is 0.153. The van der Waals surface area contributed by atoms with Gasteiger partial charge in [0.1, 0.15) is 5.75 Å². The summed E-state index contributed by atoms with van der Waals surface area (Å²) in [5.74, 6) is -0.374. The minimum Gasteiger partial charge on any atom is -0.423 e. The Bertz CT molecular complexity index is 1470. The van der Waals surface area contributed by atoms with E-state index in [1.807, 2.05) is 60.7 Å². The number of ether oxygens (including phenoxy) is 1. The maximum absolute atomic E-state index is 12.8. The Labute approximate surface area is 214 Å². The minimum absolute atomic E-state index is 0.221. The Hall–Kier alpha value is -3.68. The van der Waals surface area contributed by atoms with Gasteiger partial charge < -0.3 is 4.74 Å². The molecule has 0 atom stereocenters. The van der Waals surface area contributed by atoms with Crippen molar-refractivity contribution in [2.45, 2.75) is 6.54 Å². The van der Waals surface area contributed by atoms with Gasteiger partial charge in [-0.3, -0.25) is 14.5 Å². The predicted octanol–water partition coefficient (Wildman–Crippen LogP) is 7.06. The first-order chi connectivity index (χ1) is 17.0. The molecule has 1 aliphatic rings. The molecule has 4 aromatic rings. The minimum atomic E-state index is -0.441. The molecule has 0 bridgehead atoms. The van der Waals surface area contributed by atoms with Crippen LogP contribution < -0.4 is 4.74 Å². The average molecular weight is 544 g/mol. The fourth-order valence-electron chi connectivity index (χ4n) is 3.76. The van der Waals surface area contributed by atoms with Gasteiger partial charge in [0.15, 0.2) is 0 Å². The van der Waals surface area contributed by atoms with Crippen molar-refractivity contribution in [1.82, 2.24) is 4.90 Å². The van der Waals surface area contributed by atoms with Crippen molar-refractivity contribution in [1.29, 1.82) is 0 Å². The number of benzene rings is 4. The molecule has 1 heterocycles. The summed E-state index contributed by atoms with van der Waals surface area (Å²) in [6.45, 7) is 0.221. The zero-order valence-electron chi connectivity index (χ0n) is 18.3. The third-order valence-corrected chi connectivity index (χ3v) is 6.96. The zero-order valence-corrected chi connectivity index (χ0v) is 20.7. The van der Waals surface area contributed by atoms with Crippen LogP contribution in [-0.4, -0.2) is 22.0 Å². The first-order valence-electron chi connectivity index (χ1n) is 10.8. The van der Waals surface area contributed by atoms with Gasteiger partial charge in [0.2, 0.25) is 0 Å². The van der Waals surface area contributed by atoms with Crippen LogP contribution in [0.2, 0.25) is 0 Å². The molecule has 2 amide bonds. The summed E-state index contributed by atoms with van der Waals surface area (Å²) in [4.78, 5) is 39.6. The van der Waals surface area contributed by atoms with E-state index in [1.165, 1.54) is 4.90 Å². The van der Waals surface area contributed by atoms with Crippen molar-refractivity contribution in [3.05, 3.63) is 117 Å². The SMILES string of the molecule is O=C(Oc1ccc(/C=C2\SC(=O)N(Cc3ccc(Br)cc3)C2=O)cc1)c1cccc2ccccc12. The van der Waals surface area contributed by atoms with Crippen molar-refractivity contribution < 1.29 is 19.1 Å². The second kappa shape index (κ2) is 9.90. The number of esters is 1. The lowest BCUT2D eigenvalue weighted by Crippen LogP contribution is -2.27. The second-order valence-corrected chi connectivity index (χ2v) is 9.79. The normalized spacial score (nSPS) is 14.7. The van der Waals surface area contributed by atoms with Gasteiger partial charge in [-0.1, -0.05) is 76.6 Å². The summed E-state index contributed by atoms with van der Waals surface area (Å²) in [5, 5.41) is 1.49. The fourth-order valence-corrected chi connectivity index (χ4v) is 4.86. The second-order valence-electron chi connectivity index (χ2n) is 7.88. The number of nitrogens with zero attached hydrogens (tertiary/aromatic N) is 1. The van der Waals surface area contributed by atoms with Gasteiger partial charge >= 0.3 is 5.97 Å². The highest BCUT2D eigenvalue weighted by Gasteiger charge is 2.34. The molecule has 4 aromatic carbocycles. The van der Waals surface area contributed by atoms with Crippen LogP contribution in [0.15, 0.2) is 100 Å². The smallest absolute Gasteiger partial charge is 0.344 e. The number of fused-ring (bicyclic) bond motifs is 1. The van der Waals surface area contributed by atoms with E-state index < -0.39 is 5.97 Å². The number of carbonyl (C=O) groups excluding carboxylic acids is 3. The lowest BCUT2D eigenvalue weighted by molar-refractivity contribution is -0.123. The van der Waals surface area contributed by atoms with Crippen molar-refractivity contribution >= 4 is 61.7 Å². The number of thioether (sulfide) groups is 1. The van der Waals surface area contributed by atoms with Gasteiger partial charge in [-0.2, -0.15) is 0 Å². The third kappa shape index (κ3) is 5.06. The van der Waals surface area contributed by atoms with Crippen molar-refractivity contribution in [2.24, 2.45) is 0 Å². The van der Waals surface area contributed by atoms with Crippen LogP contribution in [0.1, 0.15) is 21.5 Å². The molecule has 172 valence electrons. The monoisotopic (exact) mass is 543 g/mol. The van der Waals surface area contributed by atoms with E-state index in [9.17, 15) is 14.4 Å². The van der Waals surface area contributed by atoms with E-state index in [0.717, 1.165) is 38.1 Å². The number of amides is 2. The Morgan fingerprint density at radius 3 is 2.37 bits per heavy atom.